The standard InChI is InChI=1S/C28H36N2O4/c1-33-25-10-11-27-26(19-25)22(12-14-29-27)7-4-6-21-13-16-30(20-23(21)18-28(31)32)15-3-2-8-24-9-5-17-34-24/h5,9-12,14,17,19,21,23H,2-4,6-8,13,15-16,18,20H2,1H3,(H,31,32). The number of rotatable bonds is 12. The van der Waals surface area contributed by atoms with E-state index in [0.717, 1.165) is 87.0 Å². The van der Waals surface area contributed by atoms with Crippen LogP contribution in [0.15, 0.2) is 53.3 Å². The number of carboxylic acids is 1. The molecule has 34 heavy (non-hydrogen) atoms. The van der Waals surface area contributed by atoms with Gasteiger partial charge in [0.15, 0.2) is 0 Å². The lowest BCUT2D eigenvalue weighted by Crippen LogP contribution is -2.41. The van der Waals surface area contributed by atoms with Gasteiger partial charge >= 0.3 is 5.97 Å². The highest BCUT2D eigenvalue weighted by atomic mass is 16.5. The molecule has 6 nitrogen and oxygen atoms in total. The molecular formula is C28H36N2O4. The fourth-order valence-corrected chi connectivity index (χ4v) is 5.37. The van der Waals surface area contributed by atoms with E-state index in [4.69, 9.17) is 9.15 Å². The number of hydrogen-bond donors (Lipinski definition) is 1. The van der Waals surface area contributed by atoms with E-state index in [1.165, 1.54) is 5.56 Å². The van der Waals surface area contributed by atoms with Crippen LogP contribution in [0.2, 0.25) is 0 Å². The maximum Gasteiger partial charge on any atom is 0.303 e. The summed E-state index contributed by atoms with van der Waals surface area (Å²) in [6, 6.07) is 12.1. The van der Waals surface area contributed by atoms with E-state index in [-0.39, 0.29) is 12.3 Å². The zero-order valence-electron chi connectivity index (χ0n) is 20.1. The van der Waals surface area contributed by atoms with Gasteiger partial charge in [0.1, 0.15) is 11.5 Å². The van der Waals surface area contributed by atoms with E-state index in [2.05, 4.69) is 22.0 Å². The molecule has 182 valence electrons. The van der Waals surface area contributed by atoms with Gasteiger partial charge in [-0.3, -0.25) is 9.78 Å². The highest BCUT2D eigenvalue weighted by Crippen LogP contribution is 2.32. The lowest BCUT2D eigenvalue weighted by Gasteiger charge is -2.38. The number of benzene rings is 1. The normalized spacial score (nSPS) is 18.9. The van der Waals surface area contributed by atoms with E-state index < -0.39 is 5.97 Å². The molecule has 0 saturated carbocycles. The Morgan fingerprint density at radius 2 is 2.09 bits per heavy atom. The van der Waals surface area contributed by atoms with Crippen LogP contribution in [0.25, 0.3) is 10.9 Å². The number of likely N-dealkylation sites (tertiary alicyclic amines) is 1. The lowest BCUT2D eigenvalue weighted by atomic mass is 9.79. The fraction of sp³-hybridized carbons (Fsp3) is 0.500. The van der Waals surface area contributed by atoms with Gasteiger partial charge in [0.25, 0.3) is 0 Å². The van der Waals surface area contributed by atoms with Crippen molar-refractivity contribution in [2.24, 2.45) is 11.8 Å². The third-order valence-electron chi connectivity index (χ3n) is 7.20. The second-order valence-corrected chi connectivity index (χ2v) is 9.49. The Balaban J connectivity index is 1.28. The number of ether oxygens (including phenoxy) is 1. The Bertz CT molecular complexity index is 1050. The van der Waals surface area contributed by atoms with Crippen LogP contribution in [-0.4, -0.2) is 47.7 Å². The minimum atomic E-state index is -0.679. The van der Waals surface area contributed by atoms with Gasteiger partial charge in [-0.2, -0.15) is 0 Å². The molecule has 0 spiro atoms. The van der Waals surface area contributed by atoms with E-state index >= 15 is 0 Å². The average Bonchev–Trinajstić information content (AvgIpc) is 3.36. The largest absolute Gasteiger partial charge is 0.497 e. The molecule has 2 aromatic heterocycles. The SMILES string of the molecule is COc1ccc2nccc(CCCC3CCN(CCCCc4ccco4)CC3CC(=O)O)c2c1. The Morgan fingerprint density at radius 1 is 1.18 bits per heavy atom. The van der Waals surface area contributed by atoms with Gasteiger partial charge in [-0.15, -0.1) is 0 Å². The maximum atomic E-state index is 11.6. The molecule has 2 atom stereocenters. The lowest BCUT2D eigenvalue weighted by molar-refractivity contribution is -0.139. The molecule has 4 rings (SSSR count). The number of nitrogens with zero attached hydrogens (tertiary/aromatic N) is 2. The number of methoxy groups -OCH3 is 1. The van der Waals surface area contributed by atoms with Gasteiger partial charge in [-0.1, -0.05) is 0 Å². The summed E-state index contributed by atoms with van der Waals surface area (Å²) in [5, 5.41) is 10.7. The number of hydrogen-bond acceptors (Lipinski definition) is 5. The van der Waals surface area contributed by atoms with Crippen molar-refractivity contribution in [2.45, 2.75) is 51.4 Å². The molecule has 1 saturated heterocycles. The first kappa shape index (κ1) is 24.3. The van der Waals surface area contributed by atoms with Crippen molar-refractivity contribution in [3.05, 3.63) is 60.2 Å². The first-order valence-corrected chi connectivity index (χ1v) is 12.5. The van der Waals surface area contributed by atoms with Gasteiger partial charge in [0.05, 0.1) is 18.9 Å². The summed E-state index contributed by atoms with van der Waals surface area (Å²) >= 11 is 0. The summed E-state index contributed by atoms with van der Waals surface area (Å²) in [4.78, 5) is 18.5. The smallest absolute Gasteiger partial charge is 0.303 e. The van der Waals surface area contributed by atoms with Gasteiger partial charge in [0.2, 0.25) is 0 Å². The Labute approximate surface area is 201 Å². The van der Waals surface area contributed by atoms with E-state index in [1.54, 1.807) is 13.4 Å². The first-order valence-electron chi connectivity index (χ1n) is 12.5. The van der Waals surface area contributed by atoms with Crippen molar-refractivity contribution >= 4 is 16.9 Å². The second-order valence-electron chi connectivity index (χ2n) is 9.49. The topological polar surface area (TPSA) is 75.8 Å². The van der Waals surface area contributed by atoms with E-state index in [0.29, 0.717) is 5.92 Å². The summed E-state index contributed by atoms with van der Waals surface area (Å²) in [7, 11) is 1.69. The molecule has 1 aromatic carbocycles. The Kier molecular flexibility index (Phi) is 8.58. The molecule has 1 N–H and O–H groups in total. The van der Waals surface area contributed by atoms with E-state index in [9.17, 15) is 9.90 Å². The summed E-state index contributed by atoms with van der Waals surface area (Å²) < 4.78 is 10.8. The van der Waals surface area contributed by atoms with Crippen molar-refractivity contribution in [3.8, 4) is 5.75 Å². The van der Waals surface area contributed by atoms with Crippen molar-refractivity contribution in [1.29, 1.82) is 0 Å². The molecule has 3 aromatic rings. The molecule has 0 radical (unpaired) electrons. The monoisotopic (exact) mass is 464 g/mol. The van der Waals surface area contributed by atoms with Gasteiger partial charge in [-0.25, -0.2) is 0 Å². The van der Waals surface area contributed by atoms with Crippen LogP contribution >= 0.6 is 0 Å². The minimum Gasteiger partial charge on any atom is -0.497 e. The molecule has 3 heterocycles. The molecule has 0 amide bonds. The first-order chi connectivity index (χ1) is 16.6. The molecule has 0 aliphatic carbocycles. The van der Waals surface area contributed by atoms with Crippen LogP contribution in [0.4, 0.5) is 0 Å². The van der Waals surface area contributed by atoms with Gasteiger partial charge in [-0.05, 0) is 105 Å². The molecular weight excluding hydrogens is 428 g/mol. The molecule has 6 heteroatoms. The molecule has 1 aliphatic heterocycles. The zero-order valence-corrected chi connectivity index (χ0v) is 20.1. The number of fused-ring (bicyclic) bond motifs is 1. The fourth-order valence-electron chi connectivity index (χ4n) is 5.37. The van der Waals surface area contributed by atoms with Gasteiger partial charge in [0, 0.05) is 31.0 Å². The van der Waals surface area contributed by atoms with Crippen LogP contribution in [-0.2, 0) is 17.6 Å². The summed E-state index contributed by atoms with van der Waals surface area (Å²) in [6.45, 7) is 3.00. The summed E-state index contributed by atoms with van der Waals surface area (Å²) in [6.07, 6.45) is 11.2. The van der Waals surface area contributed by atoms with Crippen molar-refractivity contribution < 1.29 is 19.1 Å². The molecule has 1 aliphatic rings. The van der Waals surface area contributed by atoms with Crippen molar-refractivity contribution in [3.63, 3.8) is 0 Å². The third kappa shape index (κ3) is 6.60. The molecule has 1 fully saturated rings. The second kappa shape index (κ2) is 12.0. The molecule has 0 bridgehead atoms. The van der Waals surface area contributed by atoms with Crippen molar-refractivity contribution in [1.82, 2.24) is 9.88 Å². The van der Waals surface area contributed by atoms with Gasteiger partial charge < -0.3 is 19.2 Å². The summed E-state index contributed by atoms with van der Waals surface area (Å²) in [5.74, 6) is 1.91. The Hall–Kier alpha value is -2.86. The number of aliphatic carboxylic acids is 1. The highest BCUT2D eigenvalue weighted by Gasteiger charge is 2.30. The number of aryl methyl sites for hydroxylation is 2. The number of furan rings is 1. The van der Waals surface area contributed by atoms with Crippen LogP contribution in [0, 0.1) is 11.8 Å². The average molecular weight is 465 g/mol. The molecule has 2 unspecified atom stereocenters. The van der Waals surface area contributed by atoms with E-state index in [1.807, 2.05) is 30.5 Å². The van der Waals surface area contributed by atoms with Crippen LogP contribution < -0.4 is 4.74 Å². The quantitative estimate of drug-likeness (QED) is 0.352. The predicted molar refractivity (Wildman–Crippen MR) is 133 cm³/mol. The minimum absolute atomic E-state index is 0.227. The zero-order chi connectivity index (χ0) is 23.8. The van der Waals surface area contributed by atoms with Crippen LogP contribution in [0.3, 0.4) is 0 Å². The third-order valence-corrected chi connectivity index (χ3v) is 7.20. The van der Waals surface area contributed by atoms with Crippen LogP contribution in [0.5, 0.6) is 5.75 Å². The van der Waals surface area contributed by atoms with Crippen LogP contribution in [0.1, 0.15) is 49.8 Å². The maximum absolute atomic E-state index is 11.6. The number of unbranched alkanes of at least 4 members (excludes halogenated alkanes) is 1. The Morgan fingerprint density at radius 3 is 2.88 bits per heavy atom. The number of aromatic nitrogens is 1. The number of pyridine rings is 1. The number of carbonyl (C=O) groups is 1. The predicted octanol–water partition coefficient (Wildman–Crippen LogP) is 5.59. The number of carboxylic acid groups (broad SMARTS) is 1. The highest BCUT2D eigenvalue weighted by molar-refractivity contribution is 5.83. The number of piperidine rings is 1. The summed E-state index contributed by atoms with van der Waals surface area (Å²) in [5.41, 5.74) is 2.27. The van der Waals surface area contributed by atoms with Crippen molar-refractivity contribution in [2.75, 3.05) is 26.7 Å².